The summed E-state index contributed by atoms with van der Waals surface area (Å²) >= 11 is 0. The number of amides is 1. The highest BCUT2D eigenvalue weighted by molar-refractivity contribution is 7.92. The van der Waals surface area contributed by atoms with Gasteiger partial charge >= 0.3 is 0 Å². The molecule has 1 amide bonds. The summed E-state index contributed by atoms with van der Waals surface area (Å²) in [5.74, 6) is -0.347. The van der Waals surface area contributed by atoms with Crippen LogP contribution in [0.25, 0.3) is 6.08 Å². The average molecular weight is 358 g/mol. The number of likely N-dealkylation sites (N-methyl/N-ethyl adjacent to an activating group) is 1. The number of carbonyl (C=O) groups is 1. The third-order valence-electron chi connectivity index (χ3n) is 3.64. The van der Waals surface area contributed by atoms with Gasteiger partial charge in [0, 0.05) is 19.0 Å². The molecule has 0 spiro atoms. The number of aryl methyl sites for hydroxylation is 1. The average Bonchev–Trinajstić information content (AvgIpc) is 2.60. The molecule has 0 bridgehead atoms. The van der Waals surface area contributed by atoms with Crippen molar-refractivity contribution in [2.24, 2.45) is 0 Å². The molecule has 132 valence electrons. The van der Waals surface area contributed by atoms with Crippen LogP contribution in [0.15, 0.2) is 60.0 Å². The molecule has 0 aliphatic rings. The van der Waals surface area contributed by atoms with Crippen LogP contribution in [0.3, 0.4) is 0 Å². The normalized spacial score (nSPS) is 11.8. The molecular formula is C19H22N2O3S. The van der Waals surface area contributed by atoms with Crippen LogP contribution < -0.4 is 5.32 Å². The van der Waals surface area contributed by atoms with Crippen LogP contribution in [0.5, 0.6) is 0 Å². The smallest absolute Gasteiger partial charge is 0.236 e. The van der Waals surface area contributed by atoms with E-state index in [0.29, 0.717) is 6.54 Å². The van der Waals surface area contributed by atoms with E-state index in [4.69, 9.17) is 0 Å². The van der Waals surface area contributed by atoms with Gasteiger partial charge in [-0.15, -0.1) is 0 Å². The van der Waals surface area contributed by atoms with Gasteiger partial charge in [-0.1, -0.05) is 60.2 Å². The minimum absolute atomic E-state index is 0.229. The Morgan fingerprint density at radius 1 is 1.08 bits per heavy atom. The van der Waals surface area contributed by atoms with E-state index in [0.717, 1.165) is 26.4 Å². The minimum Gasteiger partial charge on any atom is -0.351 e. The summed E-state index contributed by atoms with van der Waals surface area (Å²) in [6.07, 6.45) is 1.51. The number of hydrogen-bond acceptors (Lipinski definition) is 3. The lowest BCUT2D eigenvalue weighted by atomic mass is 10.1. The quantitative estimate of drug-likeness (QED) is 0.827. The number of sulfonamides is 1. The van der Waals surface area contributed by atoms with Gasteiger partial charge in [0.15, 0.2) is 0 Å². The molecule has 0 radical (unpaired) electrons. The second-order valence-corrected chi connectivity index (χ2v) is 7.70. The Balaban J connectivity index is 1.88. The van der Waals surface area contributed by atoms with Crippen molar-refractivity contribution in [2.75, 3.05) is 13.6 Å². The second-order valence-electron chi connectivity index (χ2n) is 5.78. The zero-order valence-corrected chi connectivity index (χ0v) is 15.2. The number of benzene rings is 2. The van der Waals surface area contributed by atoms with Crippen molar-refractivity contribution in [2.45, 2.75) is 13.5 Å². The fourth-order valence-electron chi connectivity index (χ4n) is 2.09. The summed E-state index contributed by atoms with van der Waals surface area (Å²) in [5, 5.41) is 3.83. The highest BCUT2D eigenvalue weighted by Gasteiger charge is 2.17. The summed E-state index contributed by atoms with van der Waals surface area (Å²) < 4.78 is 25.4. The first-order valence-electron chi connectivity index (χ1n) is 7.88. The largest absolute Gasteiger partial charge is 0.351 e. The molecule has 0 unspecified atom stereocenters. The van der Waals surface area contributed by atoms with Gasteiger partial charge in [0.1, 0.15) is 0 Å². The zero-order valence-electron chi connectivity index (χ0n) is 14.3. The van der Waals surface area contributed by atoms with Crippen molar-refractivity contribution < 1.29 is 13.2 Å². The molecule has 2 rings (SSSR count). The van der Waals surface area contributed by atoms with Gasteiger partial charge in [0.2, 0.25) is 15.9 Å². The van der Waals surface area contributed by atoms with Crippen molar-refractivity contribution in [3.8, 4) is 0 Å². The monoisotopic (exact) mass is 358 g/mol. The van der Waals surface area contributed by atoms with Crippen LogP contribution in [0.1, 0.15) is 16.7 Å². The molecule has 2 aromatic rings. The van der Waals surface area contributed by atoms with Crippen LogP contribution in [0.4, 0.5) is 0 Å². The minimum atomic E-state index is -3.65. The molecule has 0 aliphatic heterocycles. The maximum atomic E-state index is 12.2. The van der Waals surface area contributed by atoms with Crippen molar-refractivity contribution in [1.82, 2.24) is 9.62 Å². The number of nitrogens with one attached hydrogen (secondary N) is 1. The number of nitrogens with zero attached hydrogens (tertiary/aromatic N) is 1. The Hall–Kier alpha value is -2.44. The van der Waals surface area contributed by atoms with E-state index in [-0.39, 0.29) is 12.5 Å². The van der Waals surface area contributed by atoms with Crippen LogP contribution in [-0.2, 0) is 21.4 Å². The first-order valence-corrected chi connectivity index (χ1v) is 9.39. The third-order valence-corrected chi connectivity index (χ3v) is 5.12. The van der Waals surface area contributed by atoms with E-state index in [1.807, 2.05) is 49.4 Å². The van der Waals surface area contributed by atoms with Crippen molar-refractivity contribution >= 4 is 22.0 Å². The molecule has 5 nitrogen and oxygen atoms in total. The van der Waals surface area contributed by atoms with E-state index in [1.165, 1.54) is 13.1 Å². The molecule has 0 atom stereocenters. The van der Waals surface area contributed by atoms with Gasteiger partial charge in [0.05, 0.1) is 6.54 Å². The van der Waals surface area contributed by atoms with Gasteiger partial charge < -0.3 is 5.32 Å². The highest BCUT2D eigenvalue weighted by Crippen LogP contribution is 2.07. The summed E-state index contributed by atoms with van der Waals surface area (Å²) in [6.45, 7) is 2.13. The Kier molecular flexibility index (Phi) is 6.50. The van der Waals surface area contributed by atoms with Gasteiger partial charge in [-0.2, -0.15) is 4.31 Å². The predicted octanol–water partition coefficient (Wildman–Crippen LogP) is 2.54. The van der Waals surface area contributed by atoms with E-state index in [9.17, 15) is 13.2 Å². The Bertz CT molecular complexity index is 829. The summed E-state index contributed by atoms with van der Waals surface area (Å²) in [6, 6.07) is 16.9. The molecule has 0 saturated heterocycles. The Morgan fingerprint density at radius 2 is 1.72 bits per heavy atom. The van der Waals surface area contributed by atoms with Crippen molar-refractivity contribution in [1.29, 1.82) is 0 Å². The molecule has 0 saturated carbocycles. The maximum absolute atomic E-state index is 12.2. The summed E-state index contributed by atoms with van der Waals surface area (Å²) in [7, 11) is -2.27. The van der Waals surface area contributed by atoms with Crippen LogP contribution in [0.2, 0.25) is 0 Å². The molecule has 25 heavy (non-hydrogen) atoms. The first-order chi connectivity index (χ1) is 11.9. The predicted molar refractivity (Wildman–Crippen MR) is 100 cm³/mol. The lowest BCUT2D eigenvalue weighted by Gasteiger charge is -2.14. The lowest BCUT2D eigenvalue weighted by Crippen LogP contribution is -2.37. The van der Waals surface area contributed by atoms with Gasteiger partial charge in [-0.3, -0.25) is 4.79 Å². The molecule has 2 aromatic carbocycles. The maximum Gasteiger partial charge on any atom is 0.236 e. The van der Waals surface area contributed by atoms with E-state index in [2.05, 4.69) is 5.32 Å². The molecule has 0 heterocycles. The second kappa shape index (κ2) is 8.60. The molecule has 6 heteroatoms. The SMILES string of the molecule is Cc1ccc(CNC(=O)CN(C)S(=O)(=O)/C=C/c2ccccc2)cc1. The number of hydrogen-bond donors (Lipinski definition) is 1. The fraction of sp³-hybridized carbons (Fsp3) is 0.211. The highest BCUT2D eigenvalue weighted by atomic mass is 32.2. The summed E-state index contributed by atoms with van der Waals surface area (Å²) in [4.78, 5) is 12.0. The number of carbonyl (C=O) groups excluding carboxylic acids is 1. The van der Waals surface area contributed by atoms with Crippen LogP contribution in [0, 0.1) is 6.92 Å². The van der Waals surface area contributed by atoms with Gasteiger partial charge in [-0.05, 0) is 24.1 Å². The Labute approximate surface area is 149 Å². The molecule has 0 aromatic heterocycles. The van der Waals surface area contributed by atoms with E-state index < -0.39 is 10.0 Å². The van der Waals surface area contributed by atoms with Crippen LogP contribution in [-0.4, -0.2) is 32.2 Å². The molecule has 0 aliphatic carbocycles. The van der Waals surface area contributed by atoms with Crippen molar-refractivity contribution in [3.05, 3.63) is 76.7 Å². The van der Waals surface area contributed by atoms with Crippen LogP contribution >= 0.6 is 0 Å². The van der Waals surface area contributed by atoms with E-state index >= 15 is 0 Å². The number of rotatable bonds is 7. The lowest BCUT2D eigenvalue weighted by molar-refractivity contribution is -0.121. The van der Waals surface area contributed by atoms with E-state index in [1.54, 1.807) is 12.1 Å². The zero-order chi connectivity index (χ0) is 18.3. The topological polar surface area (TPSA) is 66.5 Å². The van der Waals surface area contributed by atoms with Gasteiger partial charge in [-0.25, -0.2) is 8.42 Å². The first kappa shape index (κ1) is 18.9. The van der Waals surface area contributed by atoms with Gasteiger partial charge in [0.25, 0.3) is 0 Å². The Morgan fingerprint density at radius 3 is 2.36 bits per heavy atom. The standard InChI is InChI=1S/C19H22N2O3S/c1-16-8-10-18(11-9-16)14-20-19(22)15-21(2)25(23,24)13-12-17-6-4-3-5-7-17/h3-13H,14-15H2,1-2H3,(H,20,22)/b13-12+. The third kappa shape index (κ3) is 6.17. The molecular weight excluding hydrogens is 336 g/mol. The summed E-state index contributed by atoms with van der Waals surface area (Å²) in [5.41, 5.74) is 2.89. The van der Waals surface area contributed by atoms with Crippen molar-refractivity contribution in [3.63, 3.8) is 0 Å². The molecule has 0 fully saturated rings. The fourth-order valence-corrected chi connectivity index (χ4v) is 2.92. The molecule has 1 N–H and O–H groups in total.